The van der Waals surface area contributed by atoms with E-state index in [1.807, 2.05) is 187 Å². The van der Waals surface area contributed by atoms with Gasteiger partial charge in [0.15, 0.2) is 23.2 Å². The van der Waals surface area contributed by atoms with Crippen LogP contribution in [0.5, 0.6) is 0 Å². The molecule has 4 heterocycles. The molecule has 111 heavy (non-hydrogen) atoms. The zero-order chi connectivity index (χ0) is 74.3. The van der Waals surface area contributed by atoms with Gasteiger partial charge in [-0.2, -0.15) is 13.2 Å². The van der Waals surface area contributed by atoms with Crippen LogP contribution in [0.25, 0.3) is 199 Å². The molecule has 0 aliphatic carbocycles. The second kappa shape index (κ2) is 26.9. The van der Waals surface area contributed by atoms with Crippen molar-refractivity contribution in [2.24, 2.45) is 0 Å². The summed E-state index contributed by atoms with van der Waals surface area (Å²) in [4.78, 5) is 20.5. The van der Waals surface area contributed by atoms with Gasteiger partial charge >= 0.3 is 6.18 Å². The van der Waals surface area contributed by atoms with Crippen molar-refractivity contribution in [2.75, 3.05) is 0 Å². The van der Waals surface area contributed by atoms with Crippen molar-refractivity contribution in [1.29, 1.82) is 0 Å². The van der Waals surface area contributed by atoms with Gasteiger partial charge in [-0.3, -0.25) is 0 Å². The Hall–Kier alpha value is -14.8. The first kappa shape index (κ1) is 65.7. The van der Waals surface area contributed by atoms with E-state index >= 15 is 13.2 Å². The number of fused-ring (bicyclic) bond motifs is 9. The molecular weight excluding hydrogens is 1370 g/mol. The maximum absolute atomic E-state index is 16.9. The molecule has 0 fully saturated rings. The van der Waals surface area contributed by atoms with Crippen LogP contribution in [0.4, 0.5) is 18.9 Å². The third-order valence-corrected chi connectivity index (χ3v) is 21.5. The molecular formula is C101H62F3N7. The summed E-state index contributed by atoms with van der Waals surface area (Å²) in [5.74, 6) is 0.971. The molecule has 20 rings (SSSR count). The molecule has 4 aromatic heterocycles. The molecule has 0 aliphatic heterocycles. The molecule has 0 unspecified atom stereocenters. The fourth-order valence-electron chi connectivity index (χ4n) is 16.3. The zero-order valence-electron chi connectivity index (χ0n) is 59.6. The average Bonchev–Trinajstić information content (AvgIpc) is 1.59. The largest absolute Gasteiger partial charge is 0.418 e. The third-order valence-electron chi connectivity index (χ3n) is 21.5. The van der Waals surface area contributed by atoms with E-state index in [-0.39, 0.29) is 5.69 Å². The lowest BCUT2D eigenvalue weighted by molar-refractivity contribution is -0.137. The number of para-hydroxylation sites is 1. The first-order chi connectivity index (χ1) is 54.6. The molecule has 0 radical (unpaired) electrons. The first-order valence-electron chi connectivity index (χ1n) is 36.9. The van der Waals surface area contributed by atoms with Crippen LogP contribution in [-0.2, 0) is 6.18 Å². The van der Waals surface area contributed by atoms with E-state index in [2.05, 4.69) is 196 Å². The lowest BCUT2D eigenvalue weighted by Gasteiger charge is -2.23. The molecule has 0 amide bonds. The van der Waals surface area contributed by atoms with Crippen LogP contribution in [0.1, 0.15) is 5.56 Å². The fourth-order valence-corrected chi connectivity index (χ4v) is 16.3. The van der Waals surface area contributed by atoms with E-state index < -0.39 is 11.7 Å². The summed E-state index contributed by atoms with van der Waals surface area (Å²) in [5.41, 5.74) is 20.5. The molecule has 7 nitrogen and oxygen atoms in total. The van der Waals surface area contributed by atoms with Gasteiger partial charge in [0.05, 0.1) is 62.3 Å². The quantitative estimate of drug-likeness (QED) is 0.108. The van der Waals surface area contributed by atoms with Gasteiger partial charge in [-0.1, -0.05) is 279 Å². The highest BCUT2D eigenvalue weighted by Gasteiger charge is 2.37. The van der Waals surface area contributed by atoms with E-state index in [1.54, 1.807) is 0 Å². The molecule has 16 aromatic carbocycles. The van der Waals surface area contributed by atoms with Gasteiger partial charge in [-0.05, 0) is 164 Å². The summed E-state index contributed by atoms with van der Waals surface area (Å²) in [7, 11) is 0. The number of aromatic nitrogens is 6. The van der Waals surface area contributed by atoms with Crippen molar-refractivity contribution >= 4 is 71.1 Å². The minimum atomic E-state index is -4.84. The minimum absolute atomic E-state index is 0.0314. The number of rotatable bonds is 13. The molecule has 0 N–H and O–H groups in total. The van der Waals surface area contributed by atoms with Gasteiger partial charge in [0.1, 0.15) is 0 Å². The van der Waals surface area contributed by atoms with E-state index in [0.29, 0.717) is 62.1 Å². The van der Waals surface area contributed by atoms with Crippen LogP contribution in [0, 0.1) is 6.57 Å². The van der Waals surface area contributed by atoms with Crippen LogP contribution in [0.3, 0.4) is 0 Å². The summed E-state index contributed by atoms with van der Waals surface area (Å²) in [5, 5.41) is 5.54. The van der Waals surface area contributed by atoms with E-state index in [0.717, 1.165) is 132 Å². The van der Waals surface area contributed by atoms with Crippen molar-refractivity contribution in [3.63, 3.8) is 0 Å². The maximum Gasteiger partial charge on any atom is 0.418 e. The van der Waals surface area contributed by atoms with Gasteiger partial charge in [-0.25, -0.2) is 19.8 Å². The van der Waals surface area contributed by atoms with Gasteiger partial charge in [0, 0.05) is 60.1 Å². The van der Waals surface area contributed by atoms with Gasteiger partial charge < -0.3 is 13.7 Å². The number of nitrogens with zero attached hydrogens (tertiary/aromatic N) is 7. The topological polar surface area (TPSA) is 57.8 Å². The van der Waals surface area contributed by atoms with Crippen LogP contribution in [0.15, 0.2) is 376 Å². The molecule has 10 heteroatoms. The normalized spacial score (nSPS) is 11.7. The lowest BCUT2D eigenvalue weighted by Crippen LogP contribution is -2.12. The van der Waals surface area contributed by atoms with Crippen molar-refractivity contribution in [1.82, 2.24) is 28.7 Å². The van der Waals surface area contributed by atoms with Crippen molar-refractivity contribution in [2.45, 2.75) is 6.18 Å². The summed E-state index contributed by atoms with van der Waals surface area (Å²) in [6.07, 6.45) is -4.84. The second-order valence-corrected chi connectivity index (χ2v) is 28.0. The van der Waals surface area contributed by atoms with Crippen LogP contribution in [0.2, 0.25) is 0 Å². The second-order valence-electron chi connectivity index (χ2n) is 28.0. The number of hydrogen-bond acceptors (Lipinski definition) is 3. The van der Waals surface area contributed by atoms with Crippen molar-refractivity contribution in [3.8, 4) is 129 Å². The number of alkyl halides is 3. The molecule has 0 bridgehead atoms. The summed E-state index contributed by atoms with van der Waals surface area (Å²) in [6, 6.07) is 126. The Morgan fingerprint density at radius 2 is 0.550 bits per heavy atom. The summed E-state index contributed by atoms with van der Waals surface area (Å²) >= 11 is 0. The molecule has 0 aliphatic rings. The minimum Gasteiger partial charge on any atom is -0.309 e. The number of hydrogen-bond donors (Lipinski definition) is 0. The molecule has 0 saturated heterocycles. The Morgan fingerprint density at radius 3 is 0.901 bits per heavy atom. The monoisotopic (exact) mass is 1430 g/mol. The fraction of sp³-hybridized carbons (Fsp3) is 0.00990. The van der Waals surface area contributed by atoms with Crippen molar-refractivity contribution in [3.05, 3.63) is 393 Å². The van der Waals surface area contributed by atoms with Crippen LogP contribution < -0.4 is 0 Å². The standard InChI is InChI=1S/C101H62F3N7/c1-105-78-47-55-95(109-89-49-41-71(64-24-9-2-10-25-64)56-81(89)82-57-72(42-50-90(82)109)65-26-11-3-12-27-65)87(63-78)100-107-98(70-36-21-8-22-37-70)106-99(108-100)77-40-48-79(96(62-77)110-91-51-43-73(66-28-13-4-14-29-66)58-83(91)84-59-74(44-52-92(84)110)67-30-15-5-16-31-67)80-38-23-39-88(101(102,103)104)97(80)111-93-53-45-75(68-32-17-6-18-33-68)60-85(93)86-61-76(46-54-94(86)111)69-34-19-7-20-35-69/h2-63H. The van der Waals surface area contributed by atoms with Crippen LogP contribution in [-0.4, -0.2) is 28.7 Å². The highest BCUT2D eigenvalue weighted by atomic mass is 19.4. The van der Waals surface area contributed by atoms with Crippen molar-refractivity contribution < 1.29 is 13.2 Å². The Kier molecular flexibility index (Phi) is 15.9. The van der Waals surface area contributed by atoms with E-state index in [1.165, 1.54) is 12.1 Å². The Morgan fingerprint density at radius 1 is 0.234 bits per heavy atom. The average molecular weight is 1430 g/mol. The molecule has 0 saturated carbocycles. The van der Waals surface area contributed by atoms with Gasteiger partial charge in [0.25, 0.3) is 0 Å². The van der Waals surface area contributed by atoms with Gasteiger partial charge in [0.2, 0.25) is 0 Å². The maximum atomic E-state index is 16.9. The van der Waals surface area contributed by atoms with Gasteiger partial charge in [-0.15, -0.1) is 0 Å². The molecule has 0 spiro atoms. The smallest absolute Gasteiger partial charge is 0.309 e. The molecule has 522 valence electrons. The summed E-state index contributed by atoms with van der Waals surface area (Å²) in [6.45, 7) is 8.55. The molecule has 20 aromatic rings. The highest BCUT2D eigenvalue weighted by molar-refractivity contribution is 6.15. The Balaban J connectivity index is 0.866. The van der Waals surface area contributed by atoms with E-state index in [9.17, 15) is 0 Å². The van der Waals surface area contributed by atoms with Crippen LogP contribution >= 0.6 is 0 Å². The predicted octanol–water partition coefficient (Wildman–Crippen LogP) is 27.4. The summed E-state index contributed by atoms with van der Waals surface area (Å²) < 4.78 is 57.0. The SMILES string of the molecule is [C-]#[N+]c1ccc(-n2c3ccc(-c4ccccc4)cc3c3cc(-c4ccccc4)ccc32)c(-c2nc(-c3ccccc3)nc(-c3ccc(-c4cccc(C(F)(F)F)c4-n4c5ccc(-c6ccccc6)cc5c5cc(-c6ccccc6)ccc54)c(-n4c5ccc(-c6ccccc6)cc5c5cc(-c6ccccc6)ccc54)c3)n2)c1. The Labute approximate surface area is 637 Å². The predicted molar refractivity (Wildman–Crippen MR) is 448 cm³/mol. The first-order valence-corrected chi connectivity index (χ1v) is 36.9. The number of halogens is 3. The zero-order valence-corrected chi connectivity index (χ0v) is 59.6. The number of benzene rings is 16. The Bertz CT molecular complexity index is 6800. The third kappa shape index (κ3) is 11.6. The lowest BCUT2D eigenvalue weighted by atomic mass is 9.95. The molecule has 0 atom stereocenters. The van der Waals surface area contributed by atoms with E-state index in [4.69, 9.17) is 21.5 Å². The highest BCUT2D eigenvalue weighted by Crippen LogP contribution is 2.49.